The van der Waals surface area contributed by atoms with Crippen LogP contribution in [0, 0.1) is 6.92 Å². The summed E-state index contributed by atoms with van der Waals surface area (Å²) in [6.07, 6.45) is 3.21. The summed E-state index contributed by atoms with van der Waals surface area (Å²) < 4.78 is 28.0. The Morgan fingerprint density at radius 3 is 2.36 bits per heavy atom. The van der Waals surface area contributed by atoms with Crippen molar-refractivity contribution < 1.29 is 13.2 Å². The molecular formula is C19H24N2O3S. The van der Waals surface area contributed by atoms with Crippen molar-refractivity contribution in [3.63, 3.8) is 0 Å². The number of anilines is 1. The summed E-state index contributed by atoms with van der Waals surface area (Å²) >= 11 is 0. The minimum Gasteiger partial charge on any atom is -0.355 e. The first-order valence-corrected chi connectivity index (χ1v) is 9.80. The van der Waals surface area contributed by atoms with Crippen molar-refractivity contribution in [1.82, 2.24) is 5.32 Å². The zero-order chi connectivity index (χ0) is 18.4. The molecule has 6 heteroatoms. The second-order valence-corrected chi connectivity index (χ2v) is 7.62. The van der Waals surface area contributed by atoms with E-state index < -0.39 is 10.0 Å². The van der Waals surface area contributed by atoms with Crippen LogP contribution >= 0.6 is 0 Å². The van der Waals surface area contributed by atoms with Crippen LogP contribution in [0.2, 0.25) is 0 Å². The Bertz CT molecular complexity index is 843. The van der Waals surface area contributed by atoms with Crippen LogP contribution in [0.25, 0.3) is 0 Å². The Morgan fingerprint density at radius 2 is 1.76 bits per heavy atom. The summed E-state index contributed by atoms with van der Waals surface area (Å²) in [5.74, 6) is -0.322. The van der Waals surface area contributed by atoms with Crippen molar-refractivity contribution in [2.75, 3.05) is 11.8 Å². The van der Waals surface area contributed by atoms with Gasteiger partial charge in [-0.3, -0.25) is 9.52 Å². The van der Waals surface area contributed by atoms with E-state index in [1.165, 1.54) is 18.7 Å². The molecule has 0 aliphatic heterocycles. The van der Waals surface area contributed by atoms with Gasteiger partial charge in [-0.1, -0.05) is 31.5 Å². The van der Waals surface area contributed by atoms with Gasteiger partial charge in [0.2, 0.25) is 0 Å². The van der Waals surface area contributed by atoms with Crippen molar-refractivity contribution in [2.45, 2.75) is 38.0 Å². The molecule has 2 aromatic rings. The van der Waals surface area contributed by atoms with Gasteiger partial charge < -0.3 is 5.32 Å². The number of carbonyl (C=O) groups is 1. The average molecular weight is 360 g/mol. The molecule has 0 radical (unpaired) electrons. The summed E-state index contributed by atoms with van der Waals surface area (Å²) in [6.45, 7) is 3.84. The lowest BCUT2D eigenvalue weighted by Gasteiger charge is -2.12. The standard InChI is InChI=1S/C19H24N2O3S/c1-4-5-6-15-8-11-17(12-9-15)21-25(23,24)18-13-16(19(22)20-3)10-7-14(18)2/h7-13,21H,4-6H2,1-3H3,(H,20,22). The van der Waals surface area contributed by atoms with E-state index in [4.69, 9.17) is 0 Å². The first-order chi connectivity index (χ1) is 11.9. The van der Waals surface area contributed by atoms with E-state index in [-0.39, 0.29) is 10.8 Å². The second kappa shape index (κ2) is 8.16. The van der Waals surface area contributed by atoms with Gasteiger partial charge >= 0.3 is 0 Å². The maximum absolute atomic E-state index is 12.7. The quantitative estimate of drug-likeness (QED) is 0.793. The largest absolute Gasteiger partial charge is 0.355 e. The molecule has 0 saturated carbocycles. The lowest BCUT2D eigenvalue weighted by atomic mass is 10.1. The van der Waals surface area contributed by atoms with E-state index >= 15 is 0 Å². The Morgan fingerprint density at radius 1 is 1.08 bits per heavy atom. The molecule has 0 aromatic heterocycles. The van der Waals surface area contributed by atoms with E-state index in [0.717, 1.165) is 19.3 Å². The van der Waals surface area contributed by atoms with Gasteiger partial charge in [-0.2, -0.15) is 0 Å². The highest BCUT2D eigenvalue weighted by atomic mass is 32.2. The van der Waals surface area contributed by atoms with Crippen LogP contribution in [-0.4, -0.2) is 21.4 Å². The number of benzene rings is 2. The number of rotatable bonds is 7. The predicted molar refractivity (Wildman–Crippen MR) is 100 cm³/mol. The first kappa shape index (κ1) is 19.0. The van der Waals surface area contributed by atoms with Crippen LogP contribution in [0.3, 0.4) is 0 Å². The van der Waals surface area contributed by atoms with E-state index in [2.05, 4.69) is 17.0 Å². The summed E-state index contributed by atoms with van der Waals surface area (Å²) in [7, 11) is -2.26. The Balaban J connectivity index is 2.25. The van der Waals surface area contributed by atoms with Crippen molar-refractivity contribution >= 4 is 21.6 Å². The van der Waals surface area contributed by atoms with Crippen molar-refractivity contribution in [3.05, 3.63) is 59.2 Å². The van der Waals surface area contributed by atoms with Crippen molar-refractivity contribution in [3.8, 4) is 0 Å². The normalized spacial score (nSPS) is 11.2. The molecular weight excluding hydrogens is 336 g/mol. The molecule has 1 amide bonds. The predicted octanol–water partition coefficient (Wildman–Crippen LogP) is 3.50. The van der Waals surface area contributed by atoms with Crippen LogP contribution in [0.5, 0.6) is 0 Å². The summed E-state index contributed by atoms with van der Waals surface area (Å²) in [6, 6.07) is 12.0. The van der Waals surface area contributed by atoms with E-state index in [0.29, 0.717) is 16.8 Å². The molecule has 0 bridgehead atoms. The van der Waals surface area contributed by atoms with Gasteiger partial charge in [-0.05, 0) is 55.2 Å². The second-order valence-electron chi connectivity index (χ2n) is 5.97. The van der Waals surface area contributed by atoms with Gasteiger partial charge in [0, 0.05) is 18.3 Å². The van der Waals surface area contributed by atoms with E-state index in [1.807, 2.05) is 12.1 Å². The minimum atomic E-state index is -3.77. The van der Waals surface area contributed by atoms with Gasteiger partial charge in [-0.15, -0.1) is 0 Å². The molecule has 2 N–H and O–H groups in total. The molecule has 0 fully saturated rings. The van der Waals surface area contributed by atoms with Crippen molar-refractivity contribution in [1.29, 1.82) is 0 Å². The number of sulfonamides is 1. The minimum absolute atomic E-state index is 0.101. The van der Waals surface area contributed by atoms with Crippen LogP contribution in [0.1, 0.15) is 41.3 Å². The van der Waals surface area contributed by atoms with Gasteiger partial charge in [0.25, 0.3) is 15.9 Å². The number of aryl methyl sites for hydroxylation is 2. The molecule has 0 atom stereocenters. The smallest absolute Gasteiger partial charge is 0.262 e. The number of hydrogen-bond acceptors (Lipinski definition) is 3. The molecule has 2 rings (SSSR count). The van der Waals surface area contributed by atoms with Crippen LogP contribution in [0.4, 0.5) is 5.69 Å². The third-order valence-corrected chi connectivity index (χ3v) is 5.52. The summed E-state index contributed by atoms with van der Waals surface area (Å²) in [4.78, 5) is 11.9. The van der Waals surface area contributed by atoms with Crippen LogP contribution < -0.4 is 10.0 Å². The average Bonchev–Trinajstić information content (AvgIpc) is 2.60. The fraction of sp³-hybridized carbons (Fsp3) is 0.316. The highest BCUT2D eigenvalue weighted by molar-refractivity contribution is 7.92. The lowest BCUT2D eigenvalue weighted by Crippen LogP contribution is -2.20. The molecule has 0 heterocycles. The zero-order valence-corrected chi connectivity index (χ0v) is 15.6. The number of unbranched alkanes of at least 4 members (excludes halogenated alkanes) is 1. The third-order valence-electron chi connectivity index (χ3n) is 3.99. The monoisotopic (exact) mass is 360 g/mol. The number of nitrogens with one attached hydrogen (secondary N) is 2. The maximum atomic E-state index is 12.7. The van der Waals surface area contributed by atoms with Crippen molar-refractivity contribution in [2.24, 2.45) is 0 Å². The maximum Gasteiger partial charge on any atom is 0.262 e. The van der Waals surface area contributed by atoms with E-state index in [1.54, 1.807) is 31.2 Å². The number of amides is 1. The fourth-order valence-corrected chi connectivity index (χ4v) is 3.84. The van der Waals surface area contributed by atoms with Gasteiger partial charge in [-0.25, -0.2) is 8.42 Å². The molecule has 0 aliphatic rings. The molecule has 25 heavy (non-hydrogen) atoms. The third kappa shape index (κ3) is 4.82. The Hall–Kier alpha value is -2.34. The highest BCUT2D eigenvalue weighted by Gasteiger charge is 2.19. The summed E-state index contributed by atoms with van der Waals surface area (Å²) in [5.41, 5.74) is 2.58. The molecule has 0 spiro atoms. The number of carbonyl (C=O) groups excluding carboxylic acids is 1. The summed E-state index contributed by atoms with van der Waals surface area (Å²) in [5, 5.41) is 2.50. The van der Waals surface area contributed by atoms with Gasteiger partial charge in [0.05, 0.1) is 4.90 Å². The molecule has 0 saturated heterocycles. The Labute approximate surface area is 149 Å². The van der Waals surface area contributed by atoms with E-state index in [9.17, 15) is 13.2 Å². The highest BCUT2D eigenvalue weighted by Crippen LogP contribution is 2.21. The molecule has 5 nitrogen and oxygen atoms in total. The van der Waals surface area contributed by atoms with Gasteiger partial charge in [0.1, 0.15) is 0 Å². The fourth-order valence-electron chi connectivity index (χ4n) is 2.51. The topological polar surface area (TPSA) is 75.3 Å². The molecule has 134 valence electrons. The number of hydrogen-bond donors (Lipinski definition) is 2. The van der Waals surface area contributed by atoms with Crippen LogP contribution in [-0.2, 0) is 16.4 Å². The molecule has 0 aliphatic carbocycles. The van der Waals surface area contributed by atoms with Gasteiger partial charge in [0.15, 0.2) is 0 Å². The molecule has 2 aromatic carbocycles. The first-order valence-electron chi connectivity index (χ1n) is 8.32. The van der Waals surface area contributed by atoms with Crippen LogP contribution in [0.15, 0.2) is 47.4 Å². The molecule has 0 unspecified atom stereocenters. The Kier molecular flexibility index (Phi) is 6.20. The lowest BCUT2D eigenvalue weighted by molar-refractivity contribution is 0.0963. The SMILES string of the molecule is CCCCc1ccc(NS(=O)(=O)c2cc(C(=O)NC)ccc2C)cc1. The zero-order valence-electron chi connectivity index (χ0n) is 14.8.